The molecule has 1 heterocycles. The average molecular weight is 313 g/mol. The van der Waals surface area contributed by atoms with Crippen molar-refractivity contribution in [1.82, 2.24) is 10.1 Å². The van der Waals surface area contributed by atoms with Crippen molar-refractivity contribution in [3.63, 3.8) is 0 Å². The van der Waals surface area contributed by atoms with Crippen molar-refractivity contribution in [1.29, 1.82) is 0 Å². The molecule has 106 valence electrons. The normalized spacial score (nSPS) is 15.4. The van der Waals surface area contributed by atoms with E-state index in [1.54, 1.807) is 24.3 Å². The Morgan fingerprint density at radius 2 is 1.90 bits per heavy atom. The van der Waals surface area contributed by atoms with Crippen LogP contribution in [0.1, 0.15) is 36.0 Å². The molecule has 2 aromatic rings. The van der Waals surface area contributed by atoms with E-state index in [0.29, 0.717) is 22.3 Å². The van der Waals surface area contributed by atoms with E-state index in [2.05, 4.69) is 10.1 Å². The molecule has 1 aromatic heterocycles. The van der Waals surface area contributed by atoms with Gasteiger partial charge in [-0.3, -0.25) is 0 Å². The molecule has 1 saturated carbocycles. The second kappa shape index (κ2) is 5.18. The third-order valence-electron chi connectivity index (χ3n) is 3.07. The molecule has 1 fully saturated rings. The summed E-state index contributed by atoms with van der Waals surface area (Å²) < 4.78 is 29.2. The smallest absolute Gasteiger partial charge is 0.241 e. The summed E-state index contributed by atoms with van der Waals surface area (Å²) in [4.78, 5) is 4.14. The van der Waals surface area contributed by atoms with Crippen molar-refractivity contribution in [3.8, 4) is 0 Å². The van der Waals surface area contributed by atoms with Crippen molar-refractivity contribution in [2.75, 3.05) is 0 Å². The Bertz CT molecular complexity index is 705. The van der Waals surface area contributed by atoms with Gasteiger partial charge in [0.05, 0.1) is 5.75 Å². The van der Waals surface area contributed by atoms with E-state index in [4.69, 9.17) is 16.1 Å². The largest absolute Gasteiger partial charge is 0.338 e. The molecule has 0 N–H and O–H groups in total. The first-order chi connectivity index (χ1) is 9.52. The van der Waals surface area contributed by atoms with Crippen LogP contribution in [0.2, 0.25) is 5.02 Å². The molecule has 0 aliphatic heterocycles. The Morgan fingerprint density at radius 1 is 1.20 bits per heavy atom. The van der Waals surface area contributed by atoms with Crippen molar-refractivity contribution < 1.29 is 12.9 Å². The minimum Gasteiger partial charge on any atom is -0.338 e. The zero-order valence-corrected chi connectivity index (χ0v) is 12.2. The number of nitrogens with zero attached hydrogens (tertiary/aromatic N) is 2. The van der Waals surface area contributed by atoms with E-state index in [-0.39, 0.29) is 17.4 Å². The molecule has 3 rings (SSSR count). The second-order valence-corrected chi connectivity index (χ2v) is 7.48. The Labute approximate surface area is 121 Å². The molecule has 20 heavy (non-hydrogen) atoms. The summed E-state index contributed by atoms with van der Waals surface area (Å²) in [7, 11) is -3.33. The zero-order valence-electron chi connectivity index (χ0n) is 10.6. The first-order valence-corrected chi connectivity index (χ1v) is 8.49. The fraction of sp³-hybridized carbons (Fsp3) is 0.385. The van der Waals surface area contributed by atoms with Gasteiger partial charge >= 0.3 is 0 Å². The van der Waals surface area contributed by atoms with Crippen molar-refractivity contribution in [2.24, 2.45) is 0 Å². The van der Waals surface area contributed by atoms with Gasteiger partial charge in [-0.25, -0.2) is 8.42 Å². The Hall–Kier alpha value is -1.40. The maximum atomic E-state index is 12.1. The third kappa shape index (κ3) is 3.37. The van der Waals surface area contributed by atoms with Crippen LogP contribution in [0.25, 0.3) is 0 Å². The Balaban J connectivity index is 1.69. The van der Waals surface area contributed by atoms with Gasteiger partial charge in [-0.2, -0.15) is 4.98 Å². The lowest BCUT2D eigenvalue weighted by Crippen LogP contribution is -2.08. The molecule has 0 unspecified atom stereocenters. The van der Waals surface area contributed by atoms with Gasteiger partial charge in [-0.1, -0.05) is 28.9 Å². The van der Waals surface area contributed by atoms with Crippen molar-refractivity contribution in [3.05, 3.63) is 46.6 Å². The molecule has 1 aliphatic carbocycles. The van der Waals surface area contributed by atoms with Crippen LogP contribution in [0, 0.1) is 0 Å². The lowest BCUT2D eigenvalue weighted by atomic mass is 10.2. The van der Waals surface area contributed by atoms with Gasteiger partial charge in [0.1, 0.15) is 5.75 Å². The zero-order chi connectivity index (χ0) is 14.2. The van der Waals surface area contributed by atoms with Gasteiger partial charge in [-0.15, -0.1) is 0 Å². The molecule has 0 atom stereocenters. The number of aromatic nitrogens is 2. The van der Waals surface area contributed by atoms with Gasteiger partial charge in [0.2, 0.25) is 5.89 Å². The van der Waals surface area contributed by atoms with E-state index >= 15 is 0 Å². The molecule has 5 nitrogen and oxygen atoms in total. The van der Waals surface area contributed by atoms with Crippen LogP contribution < -0.4 is 0 Å². The monoisotopic (exact) mass is 312 g/mol. The molecule has 7 heteroatoms. The van der Waals surface area contributed by atoms with Crippen LogP contribution >= 0.6 is 11.6 Å². The first-order valence-electron chi connectivity index (χ1n) is 6.29. The quantitative estimate of drug-likeness (QED) is 0.848. The topological polar surface area (TPSA) is 73.1 Å². The lowest BCUT2D eigenvalue weighted by molar-refractivity contribution is 0.382. The lowest BCUT2D eigenvalue weighted by Gasteiger charge is -2.02. The fourth-order valence-electron chi connectivity index (χ4n) is 1.91. The Kier molecular flexibility index (Phi) is 3.52. The molecule has 1 aliphatic rings. The predicted molar refractivity (Wildman–Crippen MR) is 74.1 cm³/mol. The van der Waals surface area contributed by atoms with E-state index in [1.165, 1.54) is 0 Å². The van der Waals surface area contributed by atoms with E-state index in [1.807, 2.05) is 0 Å². The average Bonchev–Trinajstić information content (AvgIpc) is 3.13. The molecular weight excluding hydrogens is 300 g/mol. The van der Waals surface area contributed by atoms with E-state index in [9.17, 15) is 8.42 Å². The van der Waals surface area contributed by atoms with Crippen molar-refractivity contribution >= 4 is 21.4 Å². The summed E-state index contributed by atoms with van der Waals surface area (Å²) in [5.41, 5.74) is 0.691. The summed E-state index contributed by atoms with van der Waals surface area (Å²) >= 11 is 5.77. The van der Waals surface area contributed by atoms with Gasteiger partial charge in [0.15, 0.2) is 15.7 Å². The van der Waals surface area contributed by atoms with Crippen LogP contribution in [0.5, 0.6) is 0 Å². The van der Waals surface area contributed by atoms with Crippen LogP contribution in [0.15, 0.2) is 28.8 Å². The maximum absolute atomic E-state index is 12.1. The van der Waals surface area contributed by atoms with Crippen LogP contribution in [-0.2, 0) is 21.3 Å². The molecule has 0 amide bonds. The summed E-state index contributed by atoms with van der Waals surface area (Å²) in [6.45, 7) is 0. The van der Waals surface area contributed by atoms with E-state index in [0.717, 1.165) is 12.8 Å². The highest BCUT2D eigenvalue weighted by molar-refractivity contribution is 7.89. The Morgan fingerprint density at radius 3 is 2.55 bits per heavy atom. The van der Waals surface area contributed by atoms with Gasteiger partial charge in [0.25, 0.3) is 0 Å². The van der Waals surface area contributed by atoms with Gasteiger partial charge < -0.3 is 4.52 Å². The highest BCUT2D eigenvalue weighted by atomic mass is 35.5. The van der Waals surface area contributed by atoms with Crippen LogP contribution in [0.4, 0.5) is 0 Å². The molecule has 0 saturated heterocycles. The maximum Gasteiger partial charge on any atom is 0.241 e. The molecule has 0 spiro atoms. The molecular formula is C13H13ClN2O3S. The van der Waals surface area contributed by atoms with Crippen molar-refractivity contribution in [2.45, 2.75) is 30.3 Å². The standard InChI is InChI=1S/C13H13ClN2O3S/c14-11-5-1-9(2-6-11)7-20(17,18)8-12-15-13(16-19-12)10-3-4-10/h1-2,5-6,10H,3-4,7-8H2. The minimum atomic E-state index is -3.33. The number of benzene rings is 1. The SMILES string of the molecule is O=S(=O)(Cc1ccc(Cl)cc1)Cc1nc(C2CC2)no1. The highest BCUT2D eigenvalue weighted by Gasteiger charge is 2.29. The number of hydrogen-bond donors (Lipinski definition) is 0. The van der Waals surface area contributed by atoms with Gasteiger partial charge in [0, 0.05) is 10.9 Å². The highest BCUT2D eigenvalue weighted by Crippen LogP contribution is 2.38. The number of hydrogen-bond acceptors (Lipinski definition) is 5. The summed E-state index contributed by atoms with van der Waals surface area (Å²) in [6, 6.07) is 6.74. The van der Waals surface area contributed by atoms with Gasteiger partial charge in [-0.05, 0) is 30.5 Å². The minimum absolute atomic E-state index is 0.0642. The summed E-state index contributed by atoms with van der Waals surface area (Å²) in [5, 5.41) is 4.39. The summed E-state index contributed by atoms with van der Waals surface area (Å²) in [6.07, 6.45) is 2.10. The van der Waals surface area contributed by atoms with Crippen LogP contribution in [-0.4, -0.2) is 18.6 Å². The first kappa shape index (κ1) is 13.6. The van der Waals surface area contributed by atoms with E-state index < -0.39 is 9.84 Å². The third-order valence-corrected chi connectivity index (χ3v) is 4.78. The fourth-order valence-corrected chi connectivity index (χ4v) is 3.33. The predicted octanol–water partition coefficient (Wildman–Crippen LogP) is 2.72. The summed E-state index contributed by atoms with van der Waals surface area (Å²) in [5.74, 6) is 0.856. The second-order valence-electron chi connectivity index (χ2n) is 4.98. The van der Waals surface area contributed by atoms with Crippen LogP contribution in [0.3, 0.4) is 0 Å². The number of rotatable bonds is 5. The molecule has 1 aromatic carbocycles. The number of halogens is 1. The molecule has 0 radical (unpaired) electrons. The number of sulfone groups is 1. The molecule has 0 bridgehead atoms.